The number of carboxylic acids is 1. The highest BCUT2D eigenvalue weighted by molar-refractivity contribution is 5.98. The van der Waals surface area contributed by atoms with Crippen LogP contribution in [0.25, 0.3) is 11.1 Å². The molecule has 4 nitrogen and oxygen atoms in total. The summed E-state index contributed by atoms with van der Waals surface area (Å²) in [6, 6.07) is 3.43. The highest BCUT2D eigenvalue weighted by atomic mass is 35.5. The van der Waals surface area contributed by atoms with Crippen LogP contribution in [0.3, 0.4) is 0 Å². The zero-order valence-electron chi connectivity index (χ0n) is 14.7. The van der Waals surface area contributed by atoms with Gasteiger partial charge in [-0.2, -0.15) is 0 Å². The summed E-state index contributed by atoms with van der Waals surface area (Å²) >= 11 is 0. The van der Waals surface area contributed by atoms with Crippen LogP contribution >= 0.6 is 24.8 Å². The molecule has 0 aliphatic carbocycles. The molecule has 0 amide bonds. The number of pyridine rings is 1. The molecule has 3 N–H and O–H groups in total. The summed E-state index contributed by atoms with van der Waals surface area (Å²) < 4.78 is 28.7. The molecule has 0 atom stereocenters. The minimum absolute atomic E-state index is 0. The number of benzene rings is 1. The van der Waals surface area contributed by atoms with Gasteiger partial charge in [-0.05, 0) is 37.0 Å². The maximum absolute atomic E-state index is 14.3. The fraction of sp³-hybridized carbons (Fsp3) is 0.333. The summed E-state index contributed by atoms with van der Waals surface area (Å²) in [5, 5.41) is 9.56. The second-order valence-corrected chi connectivity index (χ2v) is 6.08. The quantitative estimate of drug-likeness (QED) is 0.764. The second kappa shape index (κ2) is 9.80. The zero-order chi connectivity index (χ0) is 18.0. The Morgan fingerprint density at radius 1 is 1.19 bits per heavy atom. The molecule has 144 valence electrons. The molecule has 8 heteroatoms. The van der Waals surface area contributed by atoms with Crippen molar-refractivity contribution >= 4 is 30.8 Å². The van der Waals surface area contributed by atoms with E-state index in [4.69, 9.17) is 5.73 Å². The van der Waals surface area contributed by atoms with Crippen molar-refractivity contribution in [1.29, 1.82) is 0 Å². The number of hydrogen-bond donors (Lipinski definition) is 2. The molecular weight excluding hydrogens is 385 g/mol. The van der Waals surface area contributed by atoms with Crippen LogP contribution in [0.2, 0.25) is 0 Å². The van der Waals surface area contributed by atoms with Crippen molar-refractivity contribution in [3.8, 4) is 11.1 Å². The minimum Gasteiger partial charge on any atom is -0.478 e. The monoisotopic (exact) mass is 406 g/mol. The lowest BCUT2D eigenvalue weighted by Crippen LogP contribution is -2.16. The third-order valence-corrected chi connectivity index (χ3v) is 3.80. The molecule has 2 aromatic rings. The van der Waals surface area contributed by atoms with E-state index in [1.165, 1.54) is 13.0 Å². The minimum atomic E-state index is -1.29. The molecule has 0 unspecified atom stereocenters. The molecule has 0 aliphatic heterocycles. The topological polar surface area (TPSA) is 76.2 Å². The predicted molar refractivity (Wildman–Crippen MR) is 102 cm³/mol. The van der Waals surface area contributed by atoms with Gasteiger partial charge in [-0.1, -0.05) is 19.9 Å². The van der Waals surface area contributed by atoms with Gasteiger partial charge in [0.1, 0.15) is 11.6 Å². The van der Waals surface area contributed by atoms with E-state index in [9.17, 15) is 18.7 Å². The van der Waals surface area contributed by atoms with E-state index in [1.54, 1.807) is 0 Å². The molecule has 1 aromatic carbocycles. The molecule has 0 fully saturated rings. The van der Waals surface area contributed by atoms with Crippen molar-refractivity contribution in [1.82, 2.24) is 4.98 Å². The van der Waals surface area contributed by atoms with E-state index in [0.717, 1.165) is 12.1 Å². The van der Waals surface area contributed by atoms with Gasteiger partial charge in [-0.15, -0.1) is 24.8 Å². The van der Waals surface area contributed by atoms with Crippen LogP contribution in [0.5, 0.6) is 0 Å². The van der Waals surface area contributed by atoms with Gasteiger partial charge in [0, 0.05) is 17.8 Å². The summed E-state index contributed by atoms with van der Waals surface area (Å²) in [5.41, 5.74) is 6.37. The predicted octanol–water partition coefficient (Wildman–Crippen LogP) is 4.53. The Morgan fingerprint density at radius 2 is 1.73 bits per heavy atom. The van der Waals surface area contributed by atoms with E-state index >= 15 is 0 Å². The van der Waals surface area contributed by atoms with Gasteiger partial charge < -0.3 is 10.8 Å². The zero-order valence-corrected chi connectivity index (χ0v) is 16.3. The van der Waals surface area contributed by atoms with Crippen LogP contribution in [0.15, 0.2) is 18.2 Å². The summed E-state index contributed by atoms with van der Waals surface area (Å²) in [4.78, 5) is 16.1. The molecule has 0 bridgehead atoms. The Balaban J connectivity index is 0.00000312. The highest BCUT2D eigenvalue weighted by Gasteiger charge is 2.26. The number of hydrogen-bond acceptors (Lipinski definition) is 3. The van der Waals surface area contributed by atoms with Crippen LogP contribution in [0, 0.1) is 24.5 Å². The maximum atomic E-state index is 14.3. The molecule has 1 aromatic heterocycles. The van der Waals surface area contributed by atoms with Crippen molar-refractivity contribution in [3.63, 3.8) is 0 Å². The first kappa shape index (κ1) is 24.2. The van der Waals surface area contributed by atoms with Gasteiger partial charge in [-0.25, -0.2) is 13.6 Å². The van der Waals surface area contributed by atoms with Gasteiger partial charge in [0.2, 0.25) is 0 Å². The molecule has 0 saturated carbocycles. The number of aromatic carboxylic acids is 1. The first-order chi connectivity index (χ1) is 11.3. The summed E-state index contributed by atoms with van der Waals surface area (Å²) in [7, 11) is 0. The van der Waals surface area contributed by atoms with E-state index in [-0.39, 0.29) is 59.7 Å². The summed E-state index contributed by atoms with van der Waals surface area (Å²) in [5.74, 6) is -2.71. The standard InChI is InChI=1S/C18H20F2N2O2.2ClH/c1-9(2)7-14-11(8-21)16(15(18(23)24)10(3)22-14)17-12(19)5-4-6-13(17)20;;/h4-6,9H,7-8,21H2,1-3H3,(H,23,24);2*1H. The largest absolute Gasteiger partial charge is 0.478 e. The van der Waals surface area contributed by atoms with E-state index < -0.39 is 17.6 Å². The van der Waals surface area contributed by atoms with E-state index in [1.807, 2.05) is 13.8 Å². The molecule has 26 heavy (non-hydrogen) atoms. The number of halogens is 4. The van der Waals surface area contributed by atoms with Crippen molar-refractivity contribution < 1.29 is 18.7 Å². The molecule has 0 radical (unpaired) electrons. The van der Waals surface area contributed by atoms with Crippen molar-refractivity contribution in [2.75, 3.05) is 0 Å². The Kier molecular flexibility index (Phi) is 9.14. The van der Waals surface area contributed by atoms with Gasteiger partial charge >= 0.3 is 5.97 Å². The Morgan fingerprint density at radius 3 is 2.15 bits per heavy atom. The first-order valence-corrected chi connectivity index (χ1v) is 7.68. The summed E-state index contributed by atoms with van der Waals surface area (Å²) in [6.07, 6.45) is 0.538. The Hall–Kier alpha value is -1.76. The number of aromatic nitrogens is 1. The first-order valence-electron chi connectivity index (χ1n) is 7.68. The molecule has 0 saturated heterocycles. The van der Waals surface area contributed by atoms with Gasteiger partial charge in [0.25, 0.3) is 0 Å². The second-order valence-electron chi connectivity index (χ2n) is 6.08. The van der Waals surface area contributed by atoms with Crippen molar-refractivity contribution in [2.24, 2.45) is 11.7 Å². The molecule has 2 rings (SSSR count). The fourth-order valence-electron chi connectivity index (χ4n) is 2.85. The van der Waals surface area contributed by atoms with Gasteiger partial charge in [0.15, 0.2) is 0 Å². The SMILES string of the molecule is Cc1nc(CC(C)C)c(CN)c(-c2c(F)cccc2F)c1C(=O)O.Cl.Cl. The molecule has 0 spiro atoms. The highest BCUT2D eigenvalue weighted by Crippen LogP contribution is 2.35. The number of carboxylic acid groups (broad SMARTS) is 1. The third kappa shape index (κ3) is 4.69. The van der Waals surface area contributed by atoms with Crippen LogP contribution in [-0.4, -0.2) is 16.1 Å². The average molecular weight is 407 g/mol. The number of nitrogens with two attached hydrogens (primary N) is 1. The normalized spacial score (nSPS) is 10.3. The Bertz CT molecular complexity index is 779. The smallest absolute Gasteiger partial charge is 0.338 e. The van der Waals surface area contributed by atoms with E-state index in [2.05, 4.69) is 4.98 Å². The van der Waals surface area contributed by atoms with E-state index in [0.29, 0.717) is 17.7 Å². The van der Waals surface area contributed by atoms with Crippen LogP contribution < -0.4 is 5.73 Å². The molecular formula is C18H22Cl2F2N2O2. The maximum Gasteiger partial charge on any atom is 0.338 e. The number of carbonyl (C=O) groups is 1. The van der Waals surface area contributed by atoms with Crippen LogP contribution in [0.4, 0.5) is 8.78 Å². The number of rotatable bonds is 5. The van der Waals surface area contributed by atoms with Crippen molar-refractivity contribution in [2.45, 2.75) is 33.7 Å². The molecule has 1 heterocycles. The number of nitrogens with zero attached hydrogens (tertiary/aromatic N) is 1. The fourth-order valence-corrected chi connectivity index (χ4v) is 2.85. The van der Waals surface area contributed by atoms with Gasteiger partial charge in [-0.3, -0.25) is 4.98 Å². The lowest BCUT2D eigenvalue weighted by molar-refractivity contribution is 0.0696. The Labute approximate surface area is 163 Å². The average Bonchev–Trinajstić information content (AvgIpc) is 2.45. The molecule has 0 aliphatic rings. The lowest BCUT2D eigenvalue weighted by atomic mass is 9.89. The third-order valence-electron chi connectivity index (χ3n) is 3.80. The van der Waals surface area contributed by atoms with Crippen LogP contribution in [0.1, 0.15) is 41.2 Å². The van der Waals surface area contributed by atoms with Crippen molar-refractivity contribution in [3.05, 3.63) is 52.3 Å². The van der Waals surface area contributed by atoms with Gasteiger partial charge in [0.05, 0.1) is 16.8 Å². The lowest BCUT2D eigenvalue weighted by Gasteiger charge is -2.19. The van der Waals surface area contributed by atoms with Crippen LogP contribution in [-0.2, 0) is 13.0 Å². The summed E-state index contributed by atoms with van der Waals surface area (Å²) in [6.45, 7) is 5.42. The number of aryl methyl sites for hydroxylation is 1.